The minimum Gasteiger partial charge on any atom is -0.446 e. The van der Waals surface area contributed by atoms with Crippen molar-refractivity contribution in [2.45, 2.75) is 97.6 Å². The van der Waals surface area contributed by atoms with Gasteiger partial charge in [-0.3, -0.25) is 19.6 Å². The number of amides is 2. The van der Waals surface area contributed by atoms with Gasteiger partial charge in [0, 0.05) is 99.1 Å². The van der Waals surface area contributed by atoms with E-state index in [9.17, 15) is 9.59 Å². The Bertz CT molecular complexity index is 1880. The van der Waals surface area contributed by atoms with Gasteiger partial charge in [-0.25, -0.2) is 9.67 Å². The smallest absolute Gasteiger partial charge is 0.287 e. The van der Waals surface area contributed by atoms with Crippen molar-refractivity contribution in [3.8, 4) is 0 Å². The van der Waals surface area contributed by atoms with Gasteiger partial charge in [-0.1, -0.05) is 13.8 Å². The van der Waals surface area contributed by atoms with Crippen molar-refractivity contribution in [2.75, 3.05) is 44.8 Å². The lowest BCUT2D eigenvalue weighted by molar-refractivity contribution is 0.0793. The van der Waals surface area contributed by atoms with E-state index in [2.05, 4.69) is 52.2 Å². The zero-order valence-electron chi connectivity index (χ0n) is 31.2. The number of aromatic nitrogens is 3. The van der Waals surface area contributed by atoms with Gasteiger partial charge in [0.05, 0.1) is 23.2 Å². The summed E-state index contributed by atoms with van der Waals surface area (Å²) in [7, 11) is 0. The number of hydrogen-bond acceptors (Lipinski definition) is 12. The third-order valence-electron chi connectivity index (χ3n) is 10.6. The average Bonchev–Trinajstić information content (AvgIpc) is 3.96. The molecule has 53 heavy (non-hydrogen) atoms. The van der Waals surface area contributed by atoms with Crippen LogP contribution in [0.2, 0.25) is 0 Å². The molecule has 0 radical (unpaired) electrons. The van der Waals surface area contributed by atoms with Gasteiger partial charge in [0.25, 0.3) is 11.8 Å². The third-order valence-corrected chi connectivity index (χ3v) is 10.6. The van der Waals surface area contributed by atoms with Gasteiger partial charge < -0.3 is 35.2 Å². The number of hydrogen-bond donors (Lipinski definition) is 4. The quantitative estimate of drug-likeness (QED) is 0.190. The normalized spacial score (nSPS) is 20.8. The summed E-state index contributed by atoms with van der Waals surface area (Å²) in [6, 6.07) is 3.58. The first-order valence-corrected chi connectivity index (χ1v) is 19.2. The summed E-state index contributed by atoms with van der Waals surface area (Å²) in [5.74, 6) is -0.743. The molecule has 7 heterocycles. The summed E-state index contributed by atoms with van der Waals surface area (Å²) in [5.41, 5.74) is 6.52. The highest BCUT2D eigenvalue weighted by Crippen LogP contribution is 2.33. The van der Waals surface area contributed by atoms with Crippen molar-refractivity contribution in [3.63, 3.8) is 0 Å². The second-order valence-corrected chi connectivity index (χ2v) is 13.8. The SMILES string of the molecule is CCC1=NC2C(C=NN2CC)C(NC2CCOCC2)=C1CNC(=O)c1ccc(C(=O)NCc2c(CC)nc3c(cnn3CC)c2NC2CCOCC2)o1. The van der Waals surface area contributed by atoms with Gasteiger partial charge in [0.2, 0.25) is 0 Å². The fraction of sp³-hybridized carbons (Fsp3) is 0.579. The van der Waals surface area contributed by atoms with E-state index in [1.54, 1.807) is 0 Å². The number of rotatable bonds is 14. The van der Waals surface area contributed by atoms with Crippen LogP contribution in [0.5, 0.6) is 0 Å². The fourth-order valence-electron chi connectivity index (χ4n) is 7.66. The van der Waals surface area contributed by atoms with E-state index in [0.29, 0.717) is 45.8 Å². The van der Waals surface area contributed by atoms with Crippen LogP contribution in [-0.4, -0.2) is 101 Å². The summed E-state index contributed by atoms with van der Waals surface area (Å²) in [6.07, 6.45) is 8.70. The van der Waals surface area contributed by atoms with Crippen LogP contribution in [0.25, 0.3) is 11.0 Å². The maximum absolute atomic E-state index is 13.5. The van der Waals surface area contributed by atoms with Crippen molar-refractivity contribution in [1.29, 1.82) is 0 Å². The Kier molecular flexibility index (Phi) is 11.4. The zero-order valence-corrected chi connectivity index (χ0v) is 31.2. The van der Waals surface area contributed by atoms with Crippen LogP contribution in [0.4, 0.5) is 5.69 Å². The molecule has 4 aliphatic heterocycles. The molecule has 2 amide bonds. The maximum atomic E-state index is 13.5. The van der Waals surface area contributed by atoms with Crippen molar-refractivity contribution >= 4 is 40.5 Å². The monoisotopic (exact) mass is 728 g/mol. The summed E-state index contributed by atoms with van der Waals surface area (Å²) in [4.78, 5) is 37.0. The standard InChI is InChI=1S/C38H52N10O5/c1-5-29-25(33(43-23-11-15-51-16-12-23)27-21-41-47(7-3)35(27)45-29)19-39-37(49)31-9-10-32(53-31)38(50)40-20-26-30(6-2)46-36-28(22-42-48(36)8-4)34(26)44-24-13-17-52-18-14-24/h9-10,21-24,27,35,43H,5-8,11-20H2,1-4H3,(H,39,49)(H,40,50)(H,44,46). The van der Waals surface area contributed by atoms with Gasteiger partial charge in [-0.05, 0) is 64.5 Å². The van der Waals surface area contributed by atoms with Crippen LogP contribution >= 0.6 is 0 Å². The summed E-state index contributed by atoms with van der Waals surface area (Å²) in [5, 5.41) is 25.8. The number of dihydropyridines is 1. The van der Waals surface area contributed by atoms with Crippen molar-refractivity contribution < 1.29 is 23.5 Å². The highest BCUT2D eigenvalue weighted by Gasteiger charge is 2.39. The first-order valence-electron chi connectivity index (χ1n) is 19.2. The van der Waals surface area contributed by atoms with Crippen LogP contribution < -0.4 is 21.3 Å². The van der Waals surface area contributed by atoms with E-state index in [1.165, 1.54) is 12.1 Å². The molecule has 2 saturated heterocycles. The van der Waals surface area contributed by atoms with Gasteiger partial charge >= 0.3 is 0 Å². The molecule has 4 N–H and O–H groups in total. The number of nitrogens with zero attached hydrogens (tertiary/aromatic N) is 6. The van der Waals surface area contributed by atoms with Crippen LogP contribution in [0, 0.1) is 5.92 Å². The molecule has 3 aromatic heterocycles. The predicted octanol–water partition coefficient (Wildman–Crippen LogP) is 4.01. The second kappa shape index (κ2) is 16.5. The number of pyridine rings is 1. The van der Waals surface area contributed by atoms with E-state index in [-0.39, 0.29) is 48.8 Å². The van der Waals surface area contributed by atoms with Gasteiger partial charge in [0.15, 0.2) is 17.2 Å². The minimum absolute atomic E-state index is 0.0294. The number of hydrazone groups is 1. The Balaban J connectivity index is 1.06. The largest absolute Gasteiger partial charge is 0.446 e. The Morgan fingerprint density at radius 1 is 0.849 bits per heavy atom. The van der Waals surface area contributed by atoms with Crippen molar-refractivity contribution in [1.82, 2.24) is 35.7 Å². The number of anilines is 1. The van der Waals surface area contributed by atoms with Crippen LogP contribution in [0.15, 0.2) is 44.1 Å². The van der Waals surface area contributed by atoms with Crippen LogP contribution in [0.3, 0.4) is 0 Å². The molecule has 3 aromatic rings. The van der Waals surface area contributed by atoms with Gasteiger partial charge in [0.1, 0.15) is 6.17 Å². The molecule has 0 aromatic carbocycles. The summed E-state index contributed by atoms with van der Waals surface area (Å²) >= 11 is 0. The van der Waals surface area contributed by atoms with E-state index >= 15 is 0 Å². The van der Waals surface area contributed by atoms with Gasteiger partial charge in [-0.2, -0.15) is 10.2 Å². The molecule has 15 heteroatoms. The lowest BCUT2D eigenvalue weighted by atomic mass is 9.90. The van der Waals surface area contributed by atoms with E-state index in [1.807, 2.05) is 29.0 Å². The number of fused-ring (bicyclic) bond motifs is 2. The Morgan fingerprint density at radius 3 is 2.13 bits per heavy atom. The van der Waals surface area contributed by atoms with Crippen molar-refractivity contribution in [2.24, 2.45) is 16.0 Å². The Morgan fingerprint density at radius 2 is 1.51 bits per heavy atom. The summed E-state index contributed by atoms with van der Waals surface area (Å²) in [6.45, 7) is 13.0. The molecule has 7 rings (SSSR count). The number of aryl methyl sites for hydroxylation is 2. The molecule has 15 nitrogen and oxygen atoms in total. The van der Waals surface area contributed by atoms with E-state index in [0.717, 1.165) is 77.2 Å². The van der Waals surface area contributed by atoms with E-state index < -0.39 is 11.8 Å². The second-order valence-electron chi connectivity index (χ2n) is 13.8. The fourth-order valence-corrected chi connectivity index (χ4v) is 7.66. The highest BCUT2D eigenvalue weighted by molar-refractivity contribution is 6.04. The molecule has 284 valence electrons. The van der Waals surface area contributed by atoms with Crippen LogP contribution in [0.1, 0.15) is 92.2 Å². The highest BCUT2D eigenvalue weighted by atomic mass is 16.5. The average molecular weight is 729 g/mol. The number of carbonyl (C=O) groups is 2. The minimum atomic E-state index is -0.419. The Labute approximate surface area is 310 Å². The number of carbonyl (C=O) groups excluding carboxylic acids is 2. The number of ether oxygens (including phenoxy) is 2. The predicted molar refractivity (Wildman–Crippen MR) is 202 cm³/mol. The number of furan rings is 1. The third kappa shape index (κ3) is 7.67. The maximum Gasteiger partial charge on any atom is 0.287 e. The summed E-state index contributed by atoms with van der Waals surface area (Å²) < 4.78 is 18.9. The van der Waals surface area contributed by atoms with Crippen molar-refractivity contribution in [3.05, 3.63) is 52.4 Å². The van der Waals surface area contributed by atoms with E-state index in [4.69, 9.17) is 23.9 Å². The topological polar surface area (TPSA) is 173 Å². The molecule has 0 saturated carbocycles. The molecular weight excluding hydrogens is 676 g/mol. The molecule has 2 atom stereocenters. The van der Waals surface area contributed by atoms with Crippen LogP contribution in [-0.2, 0) is 29.0 Å². The molecule has 0 aliphatic carbocycles. The molecular formula is C38H52N10O5. The number of aliphatic imine (C=N–C) groups is 1. The zero-order chi connectivity index (χ0) is 36.9. The molecule has 0 bridgehead atoms. The lowest BCUT2D eigenvalue weighted by Gasteiger charge is -2.35. The first-order chi connectivity index (χ1) is 25.9. The first kappa shape index (κ1) is 36.6. The molecule has 2 unspecified atom stereocenters. The molecule has 2 fully saturated rings. The Hall–Kier alpha value is -4.76. The van der Waals surface area contributed by atoms with Gasteiger partial charge in [-0.15, -0.1) is 0 Å². The number of nitrogens with one attached hydrogen (secondary N) is 4. The molecule has 4 aliphatic rings. The molecule has 0 spiro atoms. The lowest BCUT2D eigenvalue weighted by Crippen LogP contribution is -2.45.